The van der Waals surface area contributed by atoms with Gasteiger partial charge >= 0.3 is 0 Å². The summed E-state index contributed by atoms with van der Waals surface area (Å²) in [5.74, 6) is -1.55. The highest BCUT2D eigenvalue weighted by molar-refractivity contribution is 7.91. The third-order valence-corrected chi connectivity index (χ3v) is 7.01. The van der Waals surface area contributed by atoms with E-state index in [9.17, 15) is 22.7 Å². The van der Waals surface area contributed by atoms with E-state index in [0.717, 1.165) is 0 Å². The maximum atomic E-state index is 13.0. The molecule has 3 N–H and O–H groups in total. The first-order chi connectivity index (χ1) is 14.4. The van der Waals surface area contributed by atoms with E-state index in [-0.39, 0.29) is 35.7 Å². The standard InChI is InChI=1S/C20H19FN4O4S/c21-13-5-3-12(4-6-13)10-24-20(27)18-19(26)17-14(2-1-7-23-17)16(25-18)15-11-22-8-9-30(15,28)29/h1-7,15,22,26H,8-11H2,(H,24,27). The first-order valence-corrected chi connectivity index (χ1v) is 11.0. The topological polar surface area (TPSA) is 121 Å². The third kappa shape index (κ3) is 3.83. The number of nitrogens with one attached hydrogen (secondary N) is 2. The molecule has 3 heterocycles. The van der Waals surface area contributed by atoms with E-state index in [1.807, 2.05) is 0 Å². The zero-order valence-electron chi connectivity index (χ0n) is 15.8. The van der Waals surface area contributed by atoms with Crippen molar-refractivity contribution >= 4 is 26.6 Å². The van der Waals surface area contributed by atoms with Gasteiger partial charge in [-0.15, -0.1) is 0 Å². The molecule has 0 spiro atoms. The molecule has 1 aromatic carbocycles. The lowest BCUT2D eigenvalue weighted by molar-refractivity contribution is 0.0943. The maximum Gasteiger partial charge on any atom is 0.274 e. The lowest BCUT2D eigenvalue weighted by atomic mass is 10.1. The molecule has 0 saturated carbocycles. The van der Waals surface area contributed by atoms with Gasteiger partial charge in [0.05, 0.1) is 11.4 Å². The number of hydrogen-bond donors (Lipinski definition) is 3. The van der Waals surface area contributed by atoms with Gasteiger partial charge < -0.3 is 15.7 Å². The van der Waals surface area contributed by atoms with Crippen molar-refractivity contribution in [3.05, 3.63) is 65.4 Å². The highest BCUT2D eigenvalue weighted by Crippen LogP contribution is 2.34. The van der Waals surface area contributed by atoms with E-state index in [1.165, 1.54) is 30.5 Å². The summed E-state index contributed by atoms with van der Waals surface area (Å²) >= 11 is 0. The molecule has 1 aliphatic rings. The average Bonchev–Trinajstić information content (AvgIpc) is 2.74. The van der Waals surface area contributed by atoms with E-state index in [0.29, 0.717) is 17.5 Å². The SMILES string of the molecule is O=C(NCc1ccc(F)cc1)c1nc(C2CNCCS2(=O)=O)c2cccnc2c1O. The van der Waals surface area contributed by atoms with Crippen LogP contribution in [0.15, 0.2) is 42.6 Å². The van der Waals surface area contributed by atoms with Crippen LogP contribution in [0.3, 0.4) is 0 Å². The Hall–Kier alpha value is -3.11. The van der Waals surface area contributed by atoms with Crippen molar-refractivity contribution in [1.82, 2.24) is 20.6 Å². The number of amides is 1. The van der Waals surface area contributed by atoms with Gasteiger partial charge in [0.1, 0.15) is 16.6 Å². The molecule has 1 atom stereocenters. The van der Waals surface area contributed by atoms with Crippen LogP contribution in [-0.2, 0) is 16.4 Å². The largest absolute Gasteiger partial charge is 0.504 e. The Bertz CT molecular complexity index is 1220. The Morgan fingerprint density at radius 1 is 1.27 bits per heavy atom. The van der Waals surface area contributed by atoms with E-state index in [1.54, 1.807) is 12.1 Å². The second kappa shape index (κ2) is 7.96. The van der Waals surface area contributed by atoms with Gasteiger partial charge in [0.15, 0.2) is 21.3 Å². The first kappa shape index (κ1) is 20.2. The molecular formula is C20H19FN4O4S. The summed E-state index contributed by atoms with van der Waals surface area (Å²) in [6.07, 6.45) is 1.44. The van der Waals surface area contributed by atoms with Gasteiger partial charge in [-0.25, -0.2) is 17.8 Å². The number of sulfone groups is 1. The molecule has 1 fully saturated rings. The van der Waals surface area contributed by atoms with Crippen LogP contribution in [0.5, 0.6) is 5.75 Å². The molecule has 1 unspecified atom stereocenters. The fourth-order valence-electron chi connectivity index (χ4n) is 3.40. The van der Waals surface area contributed by atoms with E-state index in [4.69, 9.17) is 0 Å². The minimum atomic E-state index is -3.48. The molecule has 30 heavy (non-hydrogen) atoms. The molecule has 10 heteroatoms. The summed E-state index contributed by atoms with van der Waals surface area (Å²) in [7, 11) is -3.48. The quantitative estimate of drug-likeness (QED) is 0.573. The molecule has 156 valence electrons. The highest BCUT2D eigenvalue weighted by Gasteiger charge is 2.34. The number of carbonyl (C=O) groups is 1. The number of hydrogen-bond acceptors (Lipinski definition) is 7. The molecule has 1 aliphatic heterocycles. The number of rotatable bonds is 4. The lowest BCUT2D eigenvalue weighted by Crippen LogP contribution is -2.39. The summed E-state index contributed by atoms with van der Waals surface area (Å²) in [5.41, 5.74) is 0.631. The minimum absolute atomic E-state index is 0.0475. The smallest absolute Gasteiger partial charge is 0.274 e. The highest BCUT2D eigenvalue weighted by atomic mass is 32.2. The second-order valence-electron chi connectivity index (χ2n) is 6.96. The van der Waals surface area contributed by atoms with E-state index >= 15 is 0 Å². The molecule has 2 aromatic heterocycles. The summed E-state index contributed by atoms with van der Waals surface area (Å²) in [6.45, 7) is 0.581. The van der Waals surface area contributed by atoms with Crippen LogP contribution in [0.4, 0.5) is 4.39 Å². The number of aromatic hydroxyl groups is 1. The number of aromatic nitrogens is 2. The van der Waals surface area contributed by atoms with Crippen molar-refractivity contribution in [3.63, 3.8) is 0 Å². The summed E-state index contributed by atoms with van der Waals surface area (Å²) < 4.78 is 38.3. The van der Waals surface area contributed by atoms with Crippen LogP contribution in [0, 0.1) is 5.82 Å². The molecule has 0 bridgehead atoms. The number of fused-ring (bicyclic) bond motifs is 1. The van der Waals surface area contributed by atoms with Crippen LogP contribution >= 0.6 is 0 Å². The fraction of sp³-hybridized carbons (Fsp3) is 0.250. The van der Waals surface area contributed by atoms with E-state index < -0.39 is 32.6 Å². The van der Waals surface area contributed by atoms with Crippen LogP contribution in [0.25, 0.3) is 10.9 Å². The molecule has 0 aliphatic carbocycles. The normalized spacial score (nSPS) is 18.2. The predicted molar refractivity (Wildman–Crippen MR) is 108 cm³/mol. The van der Waals surface area contributed by atoms with Crippen molar-refractivity contribution in [3.8, 4) is 5.75 Å². The Morgan fingerprint density at radius 3 is 2.77 bits per heavy atom. The molecule has 8 nitrogen and oxygen atoms in total. The average molecular weight is 430 g/mol. The number of halogens is 1. The zero-order chi connectivity index (χ0) is 21.3. The molecular weight excluding hydrogens is 411 g/mol. The molecule has 1 amide bonds. The lowest BCUT2D eigenvalue weighted by Gasteiger charge is -2.24. The van der Waals surface area contributed by atoms with Gasteiger partial charge in [-0.2, -0.15) is 0 Å². The van der Waals surface area contributed by atoms with Crippen molar-refractivity contribution < 1.29 is 22.7 Å². The van der Waals surface area contributed by atoms with Crippen molar-refractivity contribution in [2.75, 3.05) is 18.8 Å². The van der Waals surface area contributed by atoms with E-state index in [2.05, 4.69) is 20.6 Å². The number of benzene rings is 1. The molecule has 4 rings (SSSR count). The fourth-order valence-corrected chi connectivity index (χ4v) is 5.01. The van der Waals surface area contributed by atoms with Crippen molar-refractivity contribution in [1.29, 1.82) is 0 Å². The van der Waals surface area contributed by atoms with Crippen LogP contribution < -0.4 is 10.6 Å². The Kier molecular flexibility index (Phi) is 5.35. The minimum Gasteiger partial charge on any atom is -0.504 e. The predicted octanol–water partition coefficient (Wildman–Crippen LogP) is 1.46. The first-order valence-electron chi connectivity index (χ1n) is 9.29. The molecule has 1 saturated heterocycles. The maximum absolute atomic E-state index is 13.0. The van der Waals surface area contributed by atoms with Crippen LogP contribution in [0.1, 0.15) is 27.0 Å². The Balaban J connectivity index is 1.73. The summed E-state index contributed by atoms with van der Waals surface area (Å²) in [5, 5.41) is 15.7. The van der Waals surface area contributed by atoms with Crippen molar-refractivity contribution in [2.24, 2.45) is 0 Å². The monoisotopic (exact) mass is 430 g/mol. The summed E-state index contributed by atoms with van der Waals surface area (Å²) in [6, 6.07) is 8.83. The van der Waals surface area contributed by atoms with Crippen LogP contribution in [0.2, 0.25) is 0 Å². The van der Waals surface area contributed by atoms with Gasteiger partial charge in [0.25, 0.3) is 5.91 Å². The van der Waals surface area contributed by atoms with Gasteiger partial charge in [-0.3, -0.25) is 9.78 Å². The number of nitrogens with zero attached hydrogens (tertiary/aromatic N) is 2. The van der Waals surface area contributed by atoms with Gasteiger partial charge in [-0.1, -0.05) is 12.1 Å². The number of pyridine rings is 2. The molecule has 3 aromatic rings. The third-order valence-electron chi connectivity index (χ3n) is 4.98. The summed E-state index contributed by atoms with van der Waals surface area (Å²) in [4.78, 5) is 21.1. The Morgan fingerprint density at radius 2 is 2.03 bits per heavy atom. The molecule has 0 radical (unpaired) electrons. The van der Waals surface area contributed by atoms with Gasteiger partial charge in [0.2, 0.25) is 0 Å². The zero-order valence-corrected chi connectivity index (χ0v) is 16.6. The number of carbonyl (C=O) groups excluding carboxylic acids is 1. The van der Waals surface area contributed by atoms with Gasteiger partial charge in [-0.05, 0) is 29.8 Å². The van der Waals surface area contributed by atoms with Crippen LogP contribution in [-0.4, -0.2) is 48.2 Å². The second-order valence-corrected chi connectivity index (χ2v) is 9.27. The van der Waals surface area contributed by atoms with Gasteiger partial charge in [0, 0.05) is 31.2 Å². The van der Waals surface area contributed by atoms with Crippen molar-refractivity contribution in [2.45, 2.75) is 11.8 Å². The Labute approximate surface area is 172 Å².